The van der Waals surface area contributed by atoms with E-state index in [2.05, 4.69) is 10.0 Å². The van der Waals surface area contributed by atoms with Gasteiger partial charge in [0.15, 0.2) is 0 Å². The number of anilines is 1. The minimum absolute atomic E-state index is 0.313. The van der Waals surface area contributed by atoms with E-state index in [1.807, 2.05) is 0 Å². The van der Waals surface area contributed by atoms with Gasteiger partial charge >= 0.3 is 0 Å². The summed E-state index contributed by atoms with van der Waals surface area (Å²) in [4.78, 5) is 0. The second-order valence-electron chi connectivity index (χ2n) is 3.64. The molecule has 0 aromatic heterocycles. The molecule has 1 unspecified atom stereocenters. The van der Waals surface area contributed by atoms with E-state index in [9.17, 15) is 8.42 Å². The van der Waals surface area contributed by atoms with E-state index in [1.54, 1.807) is 26.1 Å². The van der Waals surface area contributed by atoms with Crippen LogP contribution < -0.4 is 10.0 Å². The molecule has 4 nitrogen and oxygen atoms in total. The summed E-state index contributed by atoms with van der Waals surface area (Å²) >= 11 is 11.5. The van der Waals surface area contributed by atoms with E-state index < -0.39 is 15.3 Å². The molecule has 0 bridgehead atoms. The summed E-state index contributed by atoms with van der Waals surface area (Å²) in [5, 5.41) is 2.97. The molecule has 1 atom stereocenters. The zero-order valence-electron chi connectivity index (χ0n) is 9.50. The van der Waals surface area contributed by atoms with Gasteiger partial charge in [0.2, 0.25) is 10.0 Å². The second kappa shape index (κ2) is 5.91. The largest absolute Gasteiger partial charge is 0.318 e. The first-order chi connectivity index (χ1) is 7.86. The van der Waals surface area contributed by atoms with Crippen molar-refractivity contribution in [3.8, 4) is 0 Å². The smallest absolute Gasteiger partial charge is 0.236 e. The molecule has 0 fully saturated rings. The normalized spacial score (nSPS) is 13.4. The molecule has 2 N–H and O–H groups in total. The van der Waals surface area contributed by atoms with Crippen LogP contribution in [0.4, 0.5) is 5.69 Å². The van der Waals surface area contributed by atoms with Gasteiger partial charge in [0, 0.05) is 6.54 Å². The highest BCUT2D eigenvalue weighted by molar-refractivity contribution is 7.93. The maximum absolute atomic E-state index is 11.9. The van der Waals surface area contributed by atoms with Gasteiger partial charge in [-0.05, 0) is 32.2 Å². The van der Waals surface area contributed by atoms with Gasteiger partial charge in [0.25, 0.3) is 0 Å². The Morgan fingerprint density at radius 1 is 1.29 bits per heavy atom. The number of rotatable bonds is 5. The van der Waals surface area contributed by atoms with Gasteiger partial charge in [-0.2, -0.15) is 0 Å². The zero-order valence-corrected chi connectivity index (χ0v) is 11.8. The van der Waals surface area contributed by atoms with Crippen molar-refractivity contribution < 1.29 is 8.42 Å². The van der Waals surface area contributed by atoms with Crippen LogP contribution in [0.3, 0.4) is 0 Å². The lowest BCUT2D eigenvalue weighted by molar-refractivity contribution is 0.584. The highest BCUT2D eigenvalue weighted by Crippen LogP contribution is 2.25. The fourth-order valence-corrected chi connectivity index (χ4v) is 2.56. The van der Waals surface area contributed by atoms with Crippen LogP contribution in [0.25, 0.3) is 0 Å². The molecular formula is C10H14Cl2N2O2S. The molecule has 0 amide bonds. The minimum Gasteiger partial charge on any atom is -0.318 e. The SMILES string of the molecule is CNCC(C)S(=O)(=O)Nc1ccc(Cl)c(Cl)c1. The third-order valence-corrected chi connectivity index (χ3v) is 4.69. The van der Waals surface area contributed by atoms with Crippen LogP contribution in [0.1, 0.15) is 6.92 Å². The zero-order chi connectivity index (χ0) is 13.1. The average Bonchev–Trinajstić information content (AvgIpc) is 2.23. The standard InChI is InChI=1S/C10H14Cl2N2O2S/c1-7(6-13-2)17(15,16)14-8-3-4-9(11)10(12)5-8/h3-5,7,13-14H,6H2,1-2H3. The Bertz CT molecular complexity index is 491. The van der Waals surface area contributed by atoms with Crippen molar-refractivity contribution in [3.05, 3.63) is 28.2 Å². The Balaban J connectivity index is 2.86. The van der Waals surface area contributed by atoms with Gasteiger partial charge in [0.1, 0.15) is 0 Å². The lowest BCUT2D eigenvalue weighted by atomic mass is 10.3. The highest BCUT2D eigenvalue weighted by Gasteiger charge is 2.19. The van der Waals surface area contributed by atoms with Crippen LogP contribution in [-0.4, -0.2) is 27.3 Å². The fraction of sp³-hybridized carbons (Fsp3) is 0.400. The Kier molecular flexibility index (Phi) is 5.06. The summed E-state index contributed by atoms with van der Waals surface area (Å²) in [5.41, 5.74) is 0.405. The molecule has 0 aliphatic heterocycles. The lowest BCUT2D eigenvalue weighted by Crippen LogP contribution is -2.33. The van der Waals surface area contributed by atoms with Crippen molar-refractivity contribution in [2.24, 2.45) is 0 Å². The monoisotopic (exact) mass is 296 g/mol. The quantitative estimate of drug-likeness (QED) is 0.877. The second-order valence-corrected chi connectivity index (χ2v) is 6.56. The van der Waals surface area contributed by atoms with Crippen LogP contribution in [0, 0.1) is 0 Å². The Morgan fingerprint density at radius 3 is 2.47 bits per heavy atom. The predicted molar refractivity (Wildman–Crippen MR) is 72.4 cm³/mol. The Hall–Kier alpha value is -0.490. The number of hydrogen-bond acceptors (Lipinski definition) is 3. The summed E-state index contributed by atoms with van der Waals surface area (Å²) in [6.07, 6.45) is 0. The molecule has 0 heterocycles. The summed E-state index contributed by atoms with van der Waals surface area (Å²) in [7, 11) is -1.72. The van der Waals surface area contributed by atoms with Crippen LogP contribution >= 0.6 is 23.2 Å². The molecule has 0 saturated heterocycles. The maximum Gasteiger partial charge on any atom is 0.236 e. The fourth-order valence-electron chi connectivity index (χ4n) is 1.22. The van der Waals surface area contributed by atoms with Crippen molar-refractivity contribution in [2.75, 3.05) is 18.3 Å². The first-order valence-corrected chi connectivity index (χ1v) is 7.28. The molecule has 1 rings (SSSR count). The molecule has 0 spiro atoms. The number of nitrogens with one attached hydrogen (secondary N) is 2. The Morgan fingerprint density at radius 2 is 1.94 bits per heavy atom. The molecule has 0 radical (unpaired) electrons. The van der Waals surface area contributed by atoms with Crippen molar-refractivity contribution >= 4 is 38.9 Å². The highest BCUT2D eigenvalue weighted by atomic mass is 35.5. The summed E-state index contributed by atoms with van der Waals surface area (Å²) in [6.45, 7) is 1.99. The third kappa shape index (κ3) is 4.03. The van der Waals surface area contributed by atoms with Crippen molar-refractivity contribution in [1.82, 2.24) is 5.32 Å². The maximum atomic E-state index is 11.9. The number of benzene rings is 1. The summed E-state index contributed by atoms with van der Waals surface area (Å²) < 4.78 is 26.2. The van der Waals surface area contributed by atoms with Crippen LogP contribution in [0.5, 0.6) is 0 Å². The van der Waals surface area contributed by atoms with E-state index in [-0.39, 0.29) is 0 Å². The van der Waals surface area contributed by atoms with E-state index >= 15 is 0 Å². The molecular weight excluding hydrogens is 283 g/mol. The summed E-state index contributed by atoms with van der Waals surface area (Å²) in [6, 6.07) is 4.59. The van der Waals surface area contributed by atoms with Crippen molar-refractivity contribution in [3.63, 3.8) is 0 Å². The van der Waals surface area contributed by atoms with Gasteiger partial charge in [0.05, 0.1) is 21.0 Å². The number of sulfonamides is 1. The van der Waals surface area contributed by atoms with Crippen molar-refractivity contribution in [2.45, 2.75) is 12.2 Å². The predicted octanol–water partition coefficient (Wildman–Crippen LogP) is 2.34. The number of halogens is 2. The van der Waals surface area contributed by atoms with Gasteiger partial charge in [-0.25, -0.2) is 8.42 Å². The topological polar surface area (TPSA) is 58.2 Å². The van der Waals surface area contributed by atoms with Crippen LogP contribution in [0.2, 0.25) is 10.0 Å². The molecule has 0 saturated carbocycles. The van der Waals surface area contributed by atoms with E-state index in [1.165, 1.54) is 6.07 Å². The van der Waals surface area contributed by atoms with E-state index in [0.717, 1.165) is 0 Å². The minimum atomic E-state index is -3.42. The van der Waals surface area contributed by atoms with Gasteiger partial charge < -0.3 is 5.32 Å². The average molecular weight is 297 g/mol. The van der Waals surface area contributed by atoms with Crippen molar-refractivity contribution in [1.29, 1.82) is 0 Å². The van der Waals surface area contributed by atoms with E-state index in [0.29, 0.717) is 22.3 Å². The molecule has 17 heavy (non-hydrogen) atoms. The molecule has 0 aliphatic rings. The first-order valence-electron chi connectivity index (χ1n) is 4.98. The molecule has 96 valence electrons. The van der Waals surface area contributed by atoms with Crippen LogP contribution in [0.15, 0.2) is 18.2 Å². The third-order valence-electron chi connectivity index (χ3n) is 2.20. The molecule has 1 aromatic carbocycles. The van der Waals surface area contributed by atoms with Gasteiger partial charge in [-0.15, -0.1) is 0 Å². The number of hydrogen-bond donors (Lipinski definition) is 2. The van der Waals surface area contributed by atoms with Gasteiger partial charge in [-0.3, -0.25) is 4.72 Å². The molecule has 7 heteroatoms. The lowest BCUT2D eigenvalue weighted by Gasteiger charge is -2.14. The molecule has 0 aliphatic carbocycles. The van der Waals surface area contributed by atoms with E-state index in [4.69, 9.17) is 23.2 Å². The van der Waals surface area contributed by atoms with Crippen LogP contribution in [-0.2, 0) is 10.0 Å². The Labute approximate surface area is 111 Å². The molecule has 1 aromatic rings. The first kappa shape index (κ1) is 14.6. The summed E-state index contributed by atoms with van der Waals surface area (Å²) in [5.74, 6) is 0. The van der Waals surface area contributed by atoms with Gasteiger partial charge in [-0.1, -0.05) is 23.2 Å².